The third-order valence-electron chi connectivity index (χ3n) is 3.58. The van der Waals surface area contributed by atoms with Gasteiger partial charge in [-0.2, -0.15) is 0 Å². The molecule has 2 aromatic rings. The minimum absolute atomic E-state index is 0.106. The zero-order valence-electron chi connectivity index (χ0n) is 14.4. The van der Waals surface area contributed by atoms with Gasteiger partial charge in [0.25, 0.3) is 5.91 Å². The molecular formula is C18H22Cl2N2O2. The highest BCUT2D eigenvalue weighted by atomic mass is 35.5. The molecule has 0 aliphatic rings. The van der Waals surface area contributed by atoms with E-state index in [0.717, 1.165) is 30.2 Å². The van der Waals surface area contributed by atoms with Crippen LogP contribution in [0.15, 0.2) is 22.6 Å². The fraction of sp³-hybridized carbons (Fsp3) is 0.444. The second kappa shape index (κ2) is 7.58. The van der Waals surface area contributed by atoms with E-state index < -0.39 is 0 Å². The smallest absolute Gasteiger partial charge is 0.251 e. The number of amides is 1. The van der Waals surface area contributed by atoms with Crippen LogP contribution in [-0.4, -0.2) is 17.4 Å². The summed E-state index contributed by atoms with van der Waals surface area (Å²) in [5.74, 6) is 1.46. The van der Waals surface area contributed by atoms with Crippen LogP contribution in [0.3, 0.4) is 0 Å². The summed E-state index contributed by atoms with van der Waals surface area (Å²) in [5, 5.41) is 3.68. The first kappa shape index (κ1) is 18.8. The van der Waals surface area contributed by atoms with Gasteiger partial charge in [-0.05, 0) is 31.5 Å². The summed E-state index contributed by atoms with van der Waals surface area (Å²) in [7, 11) is 0. The molecule has 1 aromatic heterocycles. The number of benzene rings is 1. The highest BCUT2D eigenvalue weighted by Crippen LogP contribution is 2.24. The van der Waals surface area contributed by atoms with Crippen molar-refractivity contribution >= 4 is 29.1 Å². The van der Waals surface area contributed by atoms with E-state index >= 15 is 0 Å². The van der Waals surface area contributed by atoms with Crippen molar-refractivity contribution < 1.29 is 9.21 Å². The van der Waals surface area contributed by atoms with Gasteiger partial charge in [0.2, 0.25) is 0 Å². The lowest BCUT2D eigenvalue weighted by Crippen LogP contribution is -2.24. The summed E-state index contributed by atoms with van der Waals surface area (Å²) in [6, 6.07) is 4.83. The lowest BCUT2D eigenvalue weighted by atomic mass is 9.97. The standard InChI is InChI=1S/C18H22Cl2N2O2/c1-11-15(24-17(22-11)18(2,3)4)6-5-9-21-16(23)12-7-8-13(19)14(20)10-12/h7-8,10H,5-6,9H2,1-4H3,(H,21,23). The Morgan fingerprint density at radius 1 is 1.25 bits per heavy atom. The van der Waals surface area contributed by atoms with Crippen LogP contribution >= 0.6 is 23.2 Å². The van der Waals surface area contributed by atoms with Crippen molar-refractivity contribution in [3.8, 4) is 0 Å². The van der Waals surface area contributed by atoms with E-state index in [4.69, 9.17) is 27.6 Å². The lowest BCUT2D eigenvalue weighted by Gasteiger charge is -2.12. The van der Waals surface area contributed by atoms with Gasteiger partial charge >= 0.3 is 0 Å². The van der Waals surface area contributed by atoms with E-state index in [1.54, 1.807) is 18.2 Å². The third kappa shape index (κ3) is 4.74. The molecule has 4 nitrogen and oxygen atoms in total. The third-order valence-corrected chi connectivity index (χ3v) is 4.32. The zero-order valence-corrected chi connectivity index (χ0v) is 15.9. The Kier molecular flexibility index (Phi) is 5.94. The largest absolute Gasteiger partial charge is 0.445 e. The van der Waals surface area contributed by atoms with Gasteiger partial charge < -0.3 is 9.73 Å². The Morgan fingerprint density at radius 2 is 1.96 bits per heavy atom. The van der Waals surface area contributed by atoms with E-state index in [1.807, 2.05) is 6.92 Å². The van der Waals surface area contributed by atoms with Crippen molar-refractivity contribution in [2.45, 2.75) is 46.0 Å². The number of nitrogens with zero attached hydrogens (tertiary/aromatic N) is 1. The van der Waals surface area contributed by atoms with Crippen molar-refractivity contribution in [2.24, 2.45) is 0 Å². The Bertz CT molecular complexity index is 733. The zero-order chi connectivity index (χ0) is 17.9. The number of halogens is 2. The Balaban J connectivity index is 1.85. The van der Waals surface area contributed by atoms with Crippen LogP contribution in [0.5, 0.6) is 0 Å². The van der Waals surface area contributed by atoms with Crippen LogP contribution in [0.25, 0.3) is 0 Å². The predicted octanol–water partition coefficient (Wildman–Crippen LogP) is 4.95. The van der Waals surface area contributed by atoms with Gasteiger partial charge in [0.1, 0.15) is 5.76 Å². The molecule has 0 radical (unpaired) electrons. The van der Waals surface area contributed by atoms with Crippen LogP contribution in [0.2, 0.25) is 10.0 Å². The number of aromatic nitrogens is 1. The number of hydrogen-bond donors (Lipinski definition) is 1. The molecular weight excluding hydrogens is 347 g/mol. The molecule has 0 spiro atoms. The second-order valence-electron chi connectivity index (χ2n) is 6.77. The van der Waals surface area contributed by atoms with E-state index in [1.165, 1.54) is 0 Å². The molecule has 2 rings (SSSR count). The SMILES string of the molecule is Cc1nc(C(C)(C)C)oc1CCCNC(=O)c1ccc(Cl)c(Cl)c1. The summed E-state index contributed by atoms with van der Waals surface area (Å²) >= 11 is 11.8. The average molecular weight is 369 g/mol. The van der Waals surface area contributed by atoms with E-state index in [0.29, 0.717) is 22.2 Å². The molecule has 1 amide bonds. The highest BCUT2D eigenvalue weighted by Gasteiger charge is 2.22. The van der Waals surface area contributed by atoms with Crippen LogP contribution in [0.1, 0.15) is 54.9 Å². The molecule has 130 valence electrons. The topological polar surface area (TPSA) is 55.1 Å². The van der Waals surface area contributed by atoms with Gasteiger partial charge in [-0.25, -0.2) is 4.98 Å². The molecule has 0 saturated carbocycles. The summed E-state index contributed by atoms with van der Waals surface area (Å²) in [6.45, 7) is 8.70. The Hall–Kier alpha value is -1.52. The number of carbonyl (C=O) groups excluding carboxylic acids is 1. The number of rotatable bonds is 5. The first-order valence-corrected chi connectivity index (χ1v) is 8.64. The van der Waals surface area contributed by atoms with Crippen molar-refractivity contribution in [1.82, 2.24) is 10.3 Å². The van der Waals surface area contributed by atoms with Gasteiger partial charge in [-0.1, -0.05) is 44.0 Å². The maximum atomic E-state index is 12.1. The molecule has 1 heterocycles. The van der Waals surface area contributed by atoms with Crippen LogP contribution in [0, 0.1) is 6.92 Å². The first-order chi connectivity index (χ1) is 11.2. The summed E-state index contributed by atoms with van der Waals surface area (Å²) in [6.07, 6.45) is 1.50. The molecule has 0 atom stereocenters. The van der Waals surface area contributed by atoms with E-state index in [2.05, 4.69) is 31.1 Å². The number of aryl methyl sites for hydroxylation is 2. The highest BCUT2D eigenvalue weighted by molar-refractivity contribution is 6.42. The molecule has 1 N–H and O–H groups in total. The summed E-state index contributed by atoms with van der Waals surface area (Å²) < 4.78 is 5.84. The van der Waals surface area contributed by atoms with Crippen molar-refractivity contribution in [3.63, 3.8) is 0 Å². The van der Waals surface area contributed by atoms with E-state index in [9.17, 15) is 4.79 Å². The van der Waals surface area contributed by atoms with E-state index in [-0.39, 0.29) is 11.3 Å². The number of carbonyl (C=O) groups is 1. The predicted molar refractivity (Wildman–Crippen MR) is 97.1 cm³/mol. The molecule has 0 aliphatic carbocycles. The Morgan fingerprint density at radius 3 is 2.54 bits per heavy atom. The summed E-state index contributed by atoms with van der Waals surface area (Å²) in [4.78, 5) is 16.6. The minimum atomic E-state index is -0.168. The van der Waals surface area contributed by atoms with Crippen LogP contribution in [-0.2, 0) is 11.8 Å². The average Bonchev–Trinajstić information content (AvgIpc) is 2.87. The van der Waals surface area contributed by atoms with Gasteiger partial charge in [0.15, 0.2) is 5.89 Å². The van der Waals surface area contributed by atoms with Crippen molar-refractivity contribution in [3.05, 3.63) is 51.2 Å². The van der Waals surface area contributed by atoms with Crippen molar-refractivity contribution in [1.29, 1.82) is 0 Å². The normalized spacial score (nSPS) is 11.6. The van der Waals surface area contributed by atoms with Crippen LogP contribution < -0.4 is 5.32 Å². The number of nitrogens with one attached hydrogen (secondary N) is 1. The molecule has 6 heteroatoms. The quantitative estimate of drug-likeness (QED) is 0.759. The molecule has 1 aromatic carbocycles. The van der Waals surface area contributed by atoms with Gasteiger partial charge in [-0.15, -0.1) is 0 Å². The molecule has 0 bridgehead atoms. The fourth-order valence-corrected chi connectivity index (χ4v) is 2.47. The van der Waals surface area contributed by atoms with Crippen molar-refractivity contribution in [2.75, 3.05) is 6.54 Å². The second-order valence-corrected chi connectivity index (χ2v) is 7.58. The number of hydrogen-bond acceptors (Lipinski definition) is 3. The van der Waals surface area contributed by atoms with Crippen LogP contribution in [0.4, 0.5) is 0 Å². The first-order valence-electron chi connectivity index (χ1n) is 7.88. The maximum Gasteiger partial charge on any atom is 0.251 e. The fourth-order valence-electron chi connectivity index (χ4n) is 2.17. The molecule has 0 fully saturated rings. The molecule has 0 saturated heterocycles. The van der Waals surface area contributed by atoms with Gasteiger partial charge in [-0.3, -0.25) is 4.79 Å². The monoisotopic (exact) mass is 368 g/mol. The van der Waals surface area contributed by atoms with Gasteiger partial charge in [0, 0.05) is 23.9 Å². The number of oxazole rings is 1. The lowest BCUT2D eigenvalue weighted by molar-refractivity contribution is 0.0953. The Labute approximate surface area is 152 Å². The molecule has 0 aliphatic heterocycles. The van der Waals surface area contributed by atoms with Gasteiger partial charge in [0.05, 0.1) is 15.7 Å². The minimum Gasteiger partial charge on any atom is -0.445 e. The molecule has 24 heavy (non-hydrogen) atoms. The maximum absolute atomic E-state index is 12.1. The summed E-state index contributed by atoms with van der Waals surface area (Å²) in [5.41, 5.74) is 1.30. The molecule has 0 unspecified atom stereocenters.